The van der Waals surface area contributed by atoms with Crippen LogP contribution in [0.5, 0.6) is 0 Å². The van der Waals surface area contributed by atoms with Gasteiger partial charge in [-0.1, -0.05) is 30.3 Å². The van der Waals surface area contributed by atoms with Crippen molar-refractivity contribution in [1.82, 2.24) is 25.0 Å². The van der Waals surface area contributed by atoms with Crippen molar-refractivity contribution in [1.29, 1.82) is 0 Å². The topological polar surface area (TPSA) is 83.3 Å². The Morgan fingerprint density at radius 2 is 1.84 bits per heavy atom. The van der Waals surface area contributed by atoms with Gasteiger partial charge in [-0.15, -0.1) is 10.2 Å². The highest BCUT2D eigenvalue weighted by molar-refractivity contribution is 5.74. The number of aliphatic hydroxyl groups is 1. The van der Waals surface area contributed by atoms with Crippen LogP contribution in [0, 0.1) is 0 Å². The standard InChI is InChI=1S/C18H23N5O2/c24-15-8-6-14(7-9-15)19-18(25)22-10-11-23-16(12-22)20-21-17(23)13-4-2-1-3-5-13/h1-5,14-15,24H,6-12H2,(H,19,25). The lowest BCUT2D eigenvalue weighted by Crippen LogP contribution is -2.48. The van der Waals surface area contributed by atoms with E-state index >= 15 is 0 Å². The Hall–Kier alpha value is -2.41. The van der Waals surface area contributed by atoms with Crippen LogP contribution in [0.4, 0.5) is 4.79 Å². The zero-order valence-corrected chi connectivity index (χ0v) is 14.1. The zero-order chi connectivity index (χ0) is 17.2. The summed E-state index contributed by atoms with van der Waals surface area (Å²) in [4.78, 5) is 14.3. The predicted octanol–water partition coefficient (Wildman–Crippen LogP) is 1.77. The Morgan fingerprint density at radius 1 is 1.08 bits per heavy atom. The number of hydrogen-bond donors (Lipinski definition) is 2. The third-order valence-corrected chi connectivity index (χ3v) is 5.10. The second-order valence-electron chi connectivity index (χ2n) is 6.83. The lowest BCUT2D eigenvalue weighted by molar-refractivity contribution is 0.114. The average Bonchev–Trinajstić information content (AvgIpc) is 3.07. The molecule has 132 valence electrons. The molecule has 0 bridgehead atoms. The number of benzene rings is 1. The number of nitrogens with one attached hydrogen (secondary N) is 1. The molecule has 25 heavy (non-hydrogen) atoms. The van der Waals surface area contributed by atoms with Crippen molar-refractivity contribution in [2.75, 3.05) is 6.54 Å². The Bertz CT molecular complexity index is 737. The van der Waals surface area contributed by atoms with E-state index < -0.39 is 0 Å². The molecule has 7 heteroatoms. The summed E-state index contributed by atoms with van der Waals surface area (Å²) in [5, 5.41) is 21.3. The van der Waals surface area contributed by atoms with E-state index in [1.807, 2.05) is 30.3 Å². The number of rotatable bonds is 2. The largest absolute Gasteiger partial charge is 0.393 e. The van der Waals surface area contributed by atoms with Gasteiger partial charge in [0.05, 0.1) is 12.6 Å². The molecular weight excluding hydrogens is 318 g/mol. The summed E-state index contributed by atoms with van der Waals surface area (Å²) in [7, 11) is 0. The van der Waals surface area contributed by atoms with Gasteiger partial charge in [0.25, 0.3) is 0 Å². The Morgan fingerprint density at radius 3 is 2.60 bits per heavy atom. The van der Waals surface area contributed by atoms with E-state index in [1.165, 1.54) is 0 Å². The van der Waals surface area contributed by atoms with E-state index in [0.717, 1.165) is 42.9 Å². The number of fused-ring (bicyclic) bond motifs is 1. The molecule has 0 unspecified atom stereocenters. The number of urea groups is 1. The molecule has 7 nitrogen and oxygen atoms in total. The van der Waals surface area contributed by atoms with Crippen molar-refractivity contribution in [2.24, 2.45) is 0 Å². The fourth-order valence-corrected chi connectivity index (χ4v) is 3.62. The van der Waals surface area contributed by atoms with Gasteiger partial charge in [-0.25, -0.2) is 4.79 Å². The van der Waals surface area contributed by atoms with E-state index in [-0.39, 0.29) is 18.2 Å². The van der Waals surface area contributed by atoms with Crippen molar-refractivity contribution in [3.8, 4) is 11.4 Å². The van der Waals surface area contributed by atoms with Crippen LogP contribution in [-0.4, -0.2) is 49.5 Å². The molecule has 2 aromatic rings. The van der Waals surface area contributed by atoms with Crippen molar-refractivity contribution in [2.45, 2.75) is 50.9 Å². The summed E-state index contributed by atoms with van der Waals surface area (Å²) in [6.07, 6.45) is 3.00. The van der Waals surface area contributed by atoms with Crippen LogP contribution in [0.25, 0.3) is 11.4 Å². The molecule has 1 aliphatic carbocycles. The van der Waals surface area contributed by atoms with Gasteiger partial charge in [-0.2, -0.15) is 0 Å². The van der Waals surface area contributed by atoms with E-state index in [4.69, 9.17) is 0 Å². The number of carbonyl (C=O) groups excluding carboxylic acids is 1. The van der Waals surface area contributed by atoms with Crippen molar-refractivity contribution < 1.29 is 9.90 Å². The molecule has 2 N–H and O–H groups in total. The van der Waals surface area contributed by atoms with Crippen LogP contribution in [0.1, 0.15) is 31.5 Å². The number of carbonyl (C=O) groups is 1. The Kier molecular flexibility index (Phi) is 4.40. The fraction of sp³-hybridized carbons (Fsp3) is 0.500. The zero-order valence-electron chi connectivity index (χ0n) is 14.1. The van der Waals surface area contributed by atoms with Crippen molar-refractivity contribution >= 4 is 6.03 Å². The minimum absolute atomic E-state index is 0.0445. The first kappa shape index (κ1) is 16.1. The normalized spacial score (nSPS) is 23.2. The maximum Gasteiger partial charge on any atom is 0.318 e. The lowest BCUT2D eigenvalue weighted by Gasteiger charge is -2.32. The summed E-state index contributed by atoms with van der Waals surface area (Å²) in [5.74, 6) is 1.68. The monoisotopic (exact) mass is 341 g/mol. The Balaban J connectivity index is 1.41. The molecule has 4 rings (SSSR count). The summed E-state index contributed by atoms with van der Waals surface area (Å²) >= 11 is 0. The molecule has 2 heterocycles. The van der Waals surface area contributed by atoms with Gasteiger partial charge in [0.1, 0.15) is 0 Å². The van der Waals surface area contributed by atoms with Gasteiger partial charge in [-0.05, 0) is 25.7 Å². The number of aliphatic hydroxyl groups excluding tert-OH is 1. The fourth-order valence-electron chi connectivity index (χ4n) is 3.62. The SMILES string of the molecule is O=C(NC1CCC(O)CC1)N1CCn2c(nnc2-c2ccccc2)C1. The maximum absolute atomic E-state index is 12.5. The quantitative estimate of drug-likeness (QED) is 0.872. The first-order valence-corrected chi connectivity index (χ1v) is 8.91. The van der Waals surface area contributed by atoms with Gasteiger partial charge in [0.2, 0.25) is 0 Å². The first-order chi connectivity index (χ1) is 12.2. The smallest absolute Gasteiger partial charge is 0.318 e. The molecule has 0 spiro atoms. The van der Waals surface area contributed by atoms with Crippen LogP contribution >= 0.6 is 0 Å². The van der Waals surface area contributed by atoms with Crippen LogP contribution in [0.15, 0.2) is 30.3 Å². The molecule has 0 atom stereocenters. The molecule has 0 radical (unpaired) electrons. The second kappa shape index (κ2) is 6.84. The third kappa shape index (κ3) is 3.37. The minimum Gasteiger partial charge on any atom is -0.393 e. The number of nitrogens with zero attached hydrogens (tertiary/aromatic N) is 4. The predicted molar refractivity (Wildman–Crippen MR) is 92.7 cm³/mol. The van der Waals surface area contributed by atoms with E-state index in [9.17, 15) is 9.90 Å². The van der Waals surface area contributed by atoms with Gasteiger partial charge < -0.3 is 19.9 Å². The molecule has 1 saturated carbocycles. The Labute approximate surface area is 146 Å². The van der Waals surface area contributed by atoms with E-state index in [0.29, 0.717) is 19.6 Å². The van der Waals surface area contributed by atoms with Gasteiger partial charge in [0, 0.05) is 24.7 Å². The van der Waals surface area contributed by atoms with Crippen LogP contribution in [0.3, 0.4) is 0 Å². The van der Waals surface area contributed by atoms with Crippen LogP contribution in [0.2, 0.25) is 0 Å². The molecule has 1 fully saturated rings. The number of hydrogen-bond acceptors (Lipinski definition) is 4. The van der Waals surface area contributed by atoms with Gasteiger partial charge in [0.15, 0.2) is 11.6 Å². The molecule has 1 aromatic heterocycles. The molecule has 1 aliphatic heterocycles. The van der Waals surface area contributed by atoms with Gasteiger partial charge >= 0.3 is 6.03 Å². The molecule has 1 aromatic carbocycles. The summed E-state index contributed by atoms with van der Waals surface area (Å²) < 4.78 is 2.09. The molecule has 2 aliphatic rings. The summed E-state index contributed by atoms with van der Waals surface area (Å²) in [6.45, 7) is 1.82. The summed E-state index contributed by atoms with van der Waals surface area (Å²) in [5.41, 5.74) is 1.04. The molecule has 2 amide bonds. The number of amides is 2. The third-order valence-electron chi connectivity index (χ3n) is 5.10. The maximum atomic E-state index is 12.5. The van der Waals surface area contributed by atoms with Crippen molar-refractivity contribution in [3.63, 3.8) is 0 Å². The summed E-state index contributed by atoms with van der Waals surface area (Å²) in [6, 6.07) is 10.1. The highest BCUT2D eigenvalue weighted by Crippen LogP contribution is 2.22. The molecule has 0 saturated heterocycles. The highest BCUT2D eigenvalue weighted by atomic mass is 16.3. The average molecular weight is 341 g/mol. The van der Waals surface area contributed by atoms with Crippen molar-refractivity contribution in [3.05, 3.63) is 36.2 Å². The highest BCUT2D eigenvalue weighted by Gasteiger charge is 2.27. The van der Waals surface area contributed by atoms with Crippen LogP contribution < -0.4 is 5.32 Å². The minimum atomic E-state index is -0.210. The second-order valence-corrected chi connectivity index (χ2v) is 6.83. The van der Waals surface area contributed by atoms with Gasteiger partial charge in [-0.3, -0.25) is 0 Å². The molecular formula is C18H23N5O2. The lowest BCUT2D eigenvalue weighted by atomic mass is 9.93. The van der Waals surface area contributed by atoms with E-state index in [2.05, 4.69) is 20.1 Å². The number of aromatic nitrogens is 3. The first-order valence-electron chi connectivity index (χ1n) is 8.91. The van der Waals surface area contributed by atoms with E-state index in [1.54, 1.807) is 4.90 Å². The van der Waals surface area contributed by atoms with Crippen LogP contribution in [-0.2, 0) is 13.1 Å².